The van der Waals surface area contributed by atoms with Gasteiger partial charge in [-0.2, -0.15) is 5.10 Å². The smallest absolute Gasteiger partial charge is 0.154 e. The average molecular weight is 221 g/mol. The topological polar surface area (TPSA) is 47.2 Å². The van der Waals surface area contributed by atoms with Gasteiger partial charge in [0.2, 0.25) is 0 Å². The first-order valence-corrected chi connectivity index (χ1v) is 6.05. The van der Waals surface area contributed by atoms with E-state index < -0.39 is 0 Å². The van der Waals surface area contributed by atoms with E-state index >= 15 is 0 Å². The van der Waals surface area contributed by atoms with Crippen LogP contribution in [0.3, 0.4) is 0 Å². The molecule has 0 radical (unpaired) electrons. The molecule has 2 aliphatic heterocycles. The summed E-state index contributed by atoms with van der Waals surface area (Å²) in [7, 11) is 2.18. The number of nitrogens with zero attached hydrogens (tertiary/aromatic N) is 3. The highest BCUT2D eigenvalue weighted by atomic mass is 15.3. The van der Waals surface area contributed by atoms with Gasteiger partial charge in [0.1, 0.15) is 0 Å². The van der Waals surface area contributed by atoms with E-state index in [1.807, 2.05) is 0 Å². The number of aromatic nitrogens is 2. The van der Waals surface area contributed by atoms with Crippen LogP contribution >= 0.6 is 0 Å². The Balaban J connectivity index is 1.81. The first-order valence-electron chi connectivity index (χ1n) is 6.05. The van der Waals surface area contributed by atoms with E-state index in [2.05, 4.69) is 32.4 Å². The highest BCUT2D eigenvalue weighted by Gasteiger charge is 2.23. The second kappa shape index (κ2) is 4.07. The van der Waals surface area contributed by atoms with Gasteiger partial charge in [-0.1, -0.05) is 0 Å². The first kappa shape index (κ1) is 10.1. The third-order valence-electron chi connectivity index (χ3n) is 3.59. The van der Waals surface area contributed by atoms with Crippen LogP contribution in [0.4, 0.5) is 5.82 Å². The van der Waals surface area contributed by atoms with Crippen molar-refractivity contribution in [3.05, 3.63) is 11.3 Å². The number of piperazine rings is 1. The number of hydrogen-bond acceptors (Lipinski definition) is 4. The summed E-state index contributed by atoms with van der Waals surface area (Å²) in [6, 6.07) is 0. The van der Waals surface area contributed by atoms with Crippen LogP contribution in [0.1, 0.15) is 11.3 Å². The van der Waals surface area contributed by atoms with Crippen molar-refractivity contribution in [1.82, 2.24) is 20.4 Å². The zero-order valence-electron chi connectivity index (χ0n) is 9.79. The Morgan fingerprint density at radius 1 is 1.19 bits per heavy atom. The summed E-state index contributed by atoms with van der Waals surface area (Å²) in [5, 5.41) is 11.0. The van der Waals surface area contributed by atoms with E-state index in [4.69, 9.17) is 0 Å². The van der Waals surface area contributed by atoms with Gasteiger partial charge in [0.25, 0.3) is 0 Å². The minimum Gasteiger partial charge on any atom is -0.352 e. The average Bonchev–Trinajstić information content (AvgIpc) is 2.74. The number of fused-ring (bicyclic) bond motifs is 1. The zero-order chi connectivity index (χ0) is 11.0. The second-order valence-corrected chi connectivity index (χ2v) is 4.72. The molecule has 5 heteroatoms. The molecule has 0 unspecified atom stereocenters. The van der Waals surface area contributed by atoms with Gasteiger partial charge in [-0.3, -0.25) is 5.10 Å². The molecule has 88 valence electrons. The van der Waals surface area contributed by atoms with Gasteiger partial charge in [0, 0.05) is 38.3 Å². The summed E-state index contributed by atoms with van der Waals surface area (Å²) >= 11 is 0. The van der Waals surface area contributed by atoms with Crippen LogP contribution in [0.5, 0.6) is 0 Å². The van der Waals surface area contributed by atoms with E-state index in [1.165, 1.54) is 17.1 Å². The Hall–Kier alpha value is -1.07. The third kappa shape index (κ3) is 1.70. The van der Waals surface area contributed by atoms with Crippen LogP contribution in [-0.4, -0.2) is 54.9 Å². The Morgan fingerprint density at radius 2 is 2.00 bits per heavy atom. The molecular weight excluding hydrogens is 202 g/mol. The van der Waals surface area contributed by atoms with E-state index in [-0.39, 0.29) is 0 Å². The SMILES string of the molecule is CN1CCN(c2n[nH]c3c2CCNC3)CC1. The standard InChI is InChI=1S/C11H19N5/c1-15-4-6-16(7-5-15)11-9-2-3-12-8-10(9)13-14-11/h12H,2-8H2,1H3,(H,13,14). The van der Waals surface area contributed by atoms with E-state index in [0.29, 0.717) is 0 Å². The quantitative estimate of drug-likeness (QED) is 0.690. The van der Waals surface area contributed by atoms with Gasteiger partial charge in [0.05, 0.1) is 5.69 Å². The van der Waals surface area contributed by atoms with Crippen LogP contribution in [0, 0.1) is 0 Å². The molecule has 0 bridgehead atoms. The lowest BCUT2D eigenvalue weighted by molar-refractivity contribution is 0.312. The molecule has 0 aliphatic carbocycles. The van der Waals surface area contributed by atoms with Gasteiger partial charge in [-0.25, -0.2) is 0 Å². The fraction of sp³-hybridized carbons (Fsp3) is 0.727. The van der Waals surface area contributed by atoms with Crippen molar-refractivity contribution in [2.45, 2.75) is 13.0 Å². The van der Waals surface area contributed by atoms with E-state index in [1.54, 1.807) is 0 Å². The number of anilines is 1. The molecule has 1 aromatic rings. The van der Waals surface area contributed by atoms with Crippen LogP contribution in [0.2, 0.25) is 0 Å². The van der Waals surface area contributed by atoms with Crippen LogP contribution in [-0.2, 0) is 13.0 Å². The lowest BCUT2D eigenvalue weighted by Gasteiger charge is -2.33. The number of likely N-dealkylation sites (N-methyl/N-ethyl adjacent to an activating group) is 1. The van der Waals surface area contributed by atoms with Gasteiger partial charge >= 0.3 is 0 Å². The van der Waals surface area contributed by atoms with E-state index in [0.717, 1.165) is 45.7 Å². The van der Waals surface area contributed by atoms with Crippen molar-refractivity contribution in [3.63, 3.8) is 0 Å². The Labute approximate surface area is 95.8 Å². The summed E-state index contributed by atoms with van der Waals surface area (Å²) in [5.41, 5.74) is 2.71. The van der Waals surface area contributed by atoms with Crippen molar-refractivity contribution in [2.75, 3.05) is 44.7 Å². The molecule has 0 saturated carbocycles. The molecule has 16 heavy (non-hydrogen) atoms. The maximum absolute atomic E-state index is 4.49. The Kier molecular flexibility index (Phi) is 2.57. The molecular formula is C11H19N5. The summed E-state index contributed by atoms with van der Waals surface area (Å²) in [6.07, 6.45) is 1.10. The number of rotatable bonds is 1. The maximum atomic E-state index is 4.49. The van der Waals surface area contributed by atoms with Gasteiger partial charge in [-0.05, 0) is 20.0 Å². The molecule has 5 nitrogen and oxygen atoms in total. The van der Waals surface area contributed by atoms with Crippen molar-refractivity contribution in [2.24, 2.45) is 0 Å². The first-order chi connectivity index (χ1) is 7.84. The molecule has 3 rings (SSSR count). The van der Waals surface area contributed by atoms with Crippen LogP contribution < -0.4 is 10.2 Å². The highest BCUT2D eigenvalue weighted by molar-refractivity contribution is 5.50. The fourth-order valence-electron chi connectivity index (χ4n) is 2.51. The molecule has 1 fully saturated rings. The largest absolute Gasteiger partial charge is 0.352 e. The summed E-state index contributed by atoms with van der Waals surface area (Å²) in [6.45, 7) is 6.49. The molecule has 0 aromatic carbocycles. The molecule has 0 amide bonds. The number of aromatic amines is 1. The van der Waals surface area contributed by atoms with E-state index in [9.17, 15) is 0 Å². The highest BCUT2D eigenvalue weighted by Crippen LogP contribution is 2.24. The van der Waals surface area contributed by atoms with Crippen molar-refractivity contribution in [1.29, 1.82) is 0 Å². The van der Waals surface area contributed by atoms with Crippen LogP contribution in [0.25, 0.3) is 0 Å². The molecule has 2 N–H and O–H groups in total. The predicted octanol–water partition coefficient (Wildman–Crippen LogP) is -0.193. The lowest BCUT2D eigenvalue weighted by Crippen LogP contribution is -2.45. The predicted molar refractivity (Wildman–Crippen MR) is 63.7 cm³/mol. The van der Waals surface area contributed by atoms with Crippen molar-refractivity contribution >= 4 is 5.82 Å². The minimum atomic E-state index is 0.941. The monoisotopic (exact) mass is 221 g/mol. The summed E-state index contributed by atoms with van der Waals surface area (Å²) in [5.74, 6) is 1.20. The molecule has 1 saturated heterocycles. The van der Waals surface area contributed by atoms with Gasteiger partial charge in [-0.15, -0.1) is 0 Å². The number of nitrogens with one attached hydrogen (secondary N) is 2. The minimum absolute atomic E-state index is 0.941. The summed E-state index contributed by atoms with van der Waals surface area (Å²) in [4.78, 5) is 4.79. The maximum Gasteiger partial charge on any atom is 0.154 e. The third-order valence-corrected chi connectivity index (χ3v) is 3.59. The Bertz CT molecular complexity index is 364. The van der Waals surface area contributed by atoms with Crippen molar-refractivity contribution in [3.8, 4) is 0 Å². The fourth-order valence-corrected chi connectivity index (χ4v) is 2.51. The Morgan fingerprint density at radius 3 is 2.81 bits per heavy atom. The second-order valence-electron chi connectivity index (χ2n) is 4.72. The van der Waals surface area contributed by atoms with Crippen molar-refractivity contribution < 1.29 is 0 Å². The van der Waals surface area contributed by atoms with Gasteiger partial charge < -0.3 is 15.1 Å². The normalized spacial score (nSPS) is 22.2. The van der Waals surface area contributed by atoms with Gasteiger partial charge in [0.15, 0.2) is 5.82 Å². The number of H-pyrrole nitrogens is 1. The molecule has 0 atom stereocenters. The molecule has 3 heterocycles. The molecule has 2 aliphatic rings. The number of hydrogen-bond donors (Lipinski definition) is 2. The zero-order valence-corrected chi connectivity index (χ0v) is 9.79. The molecule has 0 spiro atoms. The van der Waals surface area contributed by atoms with Crippen LogP contribution in [0.15, 0.2) is 0 Å². The lowest BCUT2D eigenvalue weighted by atomic mass is 10.1. The summed E-state index contributed by atoms with van der Waals surface area (Å²) < 4.78 is 0. The molecule has 1 aromatic heterocycles.